The largest absolute Gasteiger partial charge is 0.493 e. The second-order valence-electron chi connectivity index (χ2n) is 9.98. The topological polar surface area (TPSA) is 201 Å². The zero-order chi connectivity index (χ0) is 31.6. The number of aromatic amines is 1. The Morgan fingerprint density at radius 3 is 2.19 bits per heavy atom. The standard InChI is InChI=1S/C23H29N3O4.C6H8O7/c1-27-20-11-10-16(22(28-2)23(20)29-3)13-26(14-17-7-6-12-30-17)15-21-24-18-8-4-5-9-19(18)25-21;7-3(8)1-6(13,5(11)12)2-4(9)10/h4-5,8-11,17H,6-7,12-15H2,1-3H3,(H,24,25);13H,1-2H2,(H,7,8)(H,9,10)(H,11,12). The number of methoxy groups -OCH3 is 3. The first-order chi connectivity index (χ1) is 20.5. The van der Waals surface area contributed by atoms with Crippen LogP contribution in [0.3, 0.4) is 0 Å². The van der Waals surface area contributed by atoms with Crippen LogP contribution < -0.4 is 14.2 Å². The molecule has 1 aliphatic heterocycles. The van der Waals surface area contributed by atoms with E-state index in [2.05, 4.69) is 9.88 Å². The first kappa shape index (κ1) is 33.1. The normalized spacial score (nSPS) is 14.7. The van der Waals surface area contributed by atoms with Crippen LogP contribution in [0.25, 0.3) is 11.0 Å². The van der Waals surface area contributed by atoms with Crippen LogP contribution in [0, 0.1) is 0 Å². The highest BCUT2D eigenvalue weighted by Gasteiger charge is 2.40. The lowest BCUT2D eigenvalue weighted by atomic mass is 9.96. The number of hydrogen-bond acceptors (Lipinski definition) is 10. The average Bonchev–Trinajstić information content (AvgIpc) is 3.61. The number of aliphatic hydroxyl groups is 1. The molecule has 0 bridgehead atoms. The second-order valence-corrected chi connectivity index (χ2v) is 9.98. The van der Waals surface area contributed by atoms with Gasteiger partial charge in [-0.05, 0) is 31.0 Å². The van der Waals surface area contributed by atoms with Crippen molar-refractivity contribution in [2.45, 2.75) is 50.5 Å². The zero-order valence-corrected chi connectivity index (χ0v) is 24.2. The molecule has 1 unspecified atom stereocenters. The van der Waals surface area contributed by atoms with E-state index in [0.29, 0.717) is 30.3 Å². The van der Waals surface area contributed by atoms with Crippen molar-refractivity contribution in [3.63, 3.8) is 0 Å². The molecule has 0 amide bonds. The Hall–Kier alpha value is -4.40. The van der Waals surface area contributed by atoms with Crippen molar-refractivity contribution in [3.05, 3.63) is 47.8 Å². The van der Waals surface area contributed by atoms with Crippen LogP contribution in [-0.2, 0) is 32.2 Å². The van der Waals surface area contributed by atoms with Crippen molar-refractivity contribution in [2.24, 2.45) is 0 Å². The summed E-state index contributed by atoms with van der Waals surface area (Å²) in [5, 5.41) is 33.8. The van der Waals surface area contributed by atoms with E-state index >= 15 is 0 Å². The lowest BCUT2D eigenvalue weighted by Gasteiger charge is -2.26. The number of H-pyrrole nitrogens is 1. The van der Waals surface area contributed by atoms with Gasteiger partial charge in [-0.3, -0.25) is 14.5 Å². The van der Waals surface area contributed by atoms with Gasteiger partial charge in [-0.1, -0.05) is 18.2 Å². The summed E-state index contributed by atoms with van der Waals surface area (Å²) in [5.41, 5.74) is 0.322. The van der Waals surface area contributed by atoms with Crippen molar-refractivity contribution >= 4 is 28.9 Å². The first-order valence-electron chi connectivity index (χ1n) is 13.4. The Labute approximate surface area is 247 Å². The number of para-hydroxylation sites is 2. The van der Waals surface area contributed by atoms with E-state index in [1.165, 1.54) is 0 Å². The molecule has 14 nitrogen and oxygen atoms in total. The molecule has 5 N–H and O–H groups in total. The maximum Gasteiger partial charge on any atom is 0.336 e. The van der Waals surface area contributed by atoms with Crippen LogP contribution in [0.15, 0.2) is 36.4 Å². The first-order valence-corrected chi connectivity index (χ1v) is 13.4. The summed E-state index contributed by atoms with van der Waals surface area (Å²) in [6.07, 6.45) is 0.145. The van der Waals surface area contributed by atoms with Crippen molar-refractivity contribution in [3.8, 4) is 17.2 Å². The molecule has 1 saturated heterocycles. The number of hydrogen-bond donors (Lipinski definition) is 5. The number of nitrogens with one attached hydrogen (secondary N) is 1. The highest BCUT2D eigenvalue weighted by molar-refractivity contribution is 5.88. The van der Waals surface area contributed by atoms with Crippen LogP contribution in [0.2, 0.25) is 0 Å². The summed E-state index contributed by atoms with van der Waals surface area (Å²) in [5.74, 6) is -2.12. The van der Waals surface area contributed by atoms with E-state index < -0.39 is 36.4 Å². The molecule has 1 aliphatic rings. The maximum absolute atomic E-state index is 10.3. The van der Waals surface area contributed by atoms with Gasteiger partial charge in [0.1, 0.15) is 5.82 Å². The quantitative estimate of drug-likeness (QED) is 0.180. The number of fused-ring (bicyclic) bond motifs is 1. The molecule has 2 heterocycles. The summed E-state index contributed by atoms with van der Waals surface area (Å²) in [6.45, 7) is 3.03. The Kier molecular flexibility index (Phi) is 11.7. The van der Waals surface area contributed by atoms with E-state index in [-0.39, 0.29) is 6.10 Å². The van der Waals surface area contributed by atoms with Gasteiger partial charge < -0.3 is 44.4 Å². The monoisotopic (exact) mass is 603 g/mol. The molecule has 2 aromatic carbocycles. The van der Waals surface area contributed by atoms with Gasteiger partial charge in [0.2, 0.25) is 5.75 Å². The number of imidazole rings is 1. The van der Waals surface area contributed by atoms with Gasteiger partial charge in [-0.15, -0.1) is 0 Å². The molecule has 1 atom stereocenters. The summed E-state index contributed by atoms with van der Waals surface area (Å²) in [7, 11) is 4.91. The van der Waals surface area contributed by atoms with Crippen LogP contribution in [-0.4, -0.2) is 99.4 Å². The summed E-state index contributed by atoms with van der Waals surface area (Å²) in [4.78, 5) is 41.0. The molecular formula is C29H37N3O11. The lowest BCUT2D eigenvalue weighted by Crippen LogP contribution is -2.42. The van der Waals surface area contributed by atoms with Gasteiger partial charge in [-0.2, -0.15) is 0 Å². The van der Waals surface area contributed by atoms with E-state index in [9.17, 15) is 14.4 Å². The zero-order valence-electron chi connectivity index (χ0n) is 24.2. The molecule has 1 aromatic heterocycles. The minimum absolute atomic E-state index is 0.237. The number of aliphatic carboxylic acids is 3. The SMILES string of the molecule is COc1ccc(CN(Cc2nc3ccccc3[nH]2)CC2CCCO2)c(OC)c1OC.O=C(O)CC(O)(CC(=O)O)C(=O)O. The van der Waals surface area contributed by atoms with Crippen LogP contribution in [0.1, 0.15) is 37.1 Å². The van der Waals surface area contributed by atoms with Gasteiger partial charge in [-0.25, -0.2) is 9.78 Å². The van der Waals surface area contributed by atoms with Crippen molar-refractivity contribution < 1.29 is 53.8 Å². The van der Waals surface area contributed by atoms with E-state index in [1.54, 1.807) is 21.3 Å². The average molecular weight is 604 g/mol. The number of carboxylic acid groups (broad SMARTS) is 3. The summed E-state index contributed by atoms with van der Waals surface area (Å²) in [6, 6.07) is 12.0. The van der Waals surface area contributed by atoms with E-state index in [0.717, 1.165) is 48.4 Å². The maximum atomic E-state index is 10.3. The van der Waals surface area contributed by atoms with Gasteiger partial charge >= 0.3 is 17.9 Å². The van der Waals surface area contributed by atoms with E-state index in [1.807, 2.05) is 36.4 Å². The molecule has 234 valence electrons. The number of carboxylic acids is 3. The number of ether oxygens (including phenoxy) is 4. The molecule has 0 saturated carbocycles. The lowest BCUT2D eigenvalue weighted by molar-refractivity contribution is -0.170. The fourth-order valence-corrected chi connectivity index (χ4v) is 4.80. The second kappa shape index (κ2) is 15.2. The molecule has 14 heteroatoms. The molecule has 4 rings (SSSR count). The molecule has 0 radical (unpaired) electrons. The van der Waals surface area contributed by atoms with Gasteiger partial charge in [0, 0.05) is 25.3 Å². The van der Waals surface area contributed by atoms with Crippen LogP contribution >= 0.6 is 0 Å². The van der Waals surface area contributed by atoms with Gasteiger partial charge in [0.25, 0.3) is 0 Å². The smallest absolute Gasteiger partial charge is 0.336 e. The van der Waals surface area contributed by atoms with Gasteiger partial charge in [0.15, 0.2) is 17.1 Å². The predicted octanol–water partition coefficient (Wildman–Crippen LogP) is 2.52. The van der Waals surface area contributed by atoms with E-state index in [4.69, 9.17) is 44.4 Å². The Balaban J connectivity index is 0.000000331. The third kappa shape index (κ3) is 9.04. The summed E-state index contributed by atoms with van der Waals surface area (Å²) >= 11 is 0. The summed E-state index contributed by atoms with van der Waals surface area (Å²) < 4.78 is 22.6. The molecule has 0 aliphatic carbocycles. The van der Waals surface area contributed by atoms with Crippen molar-refractivity contribution in [1.29, 1.82) is 0 Å². The number of rotatable bonds is 14. The minimum atomic E-state index is -2.74. The van der Waals surface area contributed by atoms with Crippen LogP contribution in [0.5, 0.6) is 17.2 Å². The Morgan fingerprint density at radius 1 is 0.977 bits per heavy atom. The highest BCUT2D eigenvalue weighted by atomic mass is 16.5. The molecular weight excluding hydrogens is 566 g/mol. The molecule has 1 fully saturated rings. The molecule has 0 spiro atoms. The number of benzene rings is 2. The molecule has 43 heavy (non-hydrogen) atoms. The minimum Gasteiger partial charge on any atom is -0.493 e. The Morgan fingerprint density at radius 2 is 1.65 bits per heavy atom. The predicted molar refractivity (Wildman–Crippen MR) is 152 cm³/mol. The van der Waals surface area contributed by atoms with Crippen molar-refractivity contribution in [2.75, 3.05) is 34.5 Å². The van der Waals surface area contributed by atoms with Crippen LogP contribution in [0.4, 0.5) is 0 Å². The van der Waals surface area contributed by atoms with Crippen molar-refractivity contribution in [1.82, 2.24) is 14.9 Å². The fraction of sp³-hybridized carbons (Fsp3) is 0.448. The number of aromatic nitrogens is 2. The molecule has 3 aromatic rings. The van der Waals surface area contributed by atoms with Gasteiger partial charge in [0.05, 0.1) is 57.9 Å². The number of nitrogens with zero attached hydrogens (tertiary/aromatic N) is 2. The highest BCUT2D eigenvalue weighted by Crippen LogP contribution is 2.40. The Bertz CT molecular complexity index is 1350. The third-order valence-corrected chi connectivity index (χ3v) is 6.76. The third-order valence-electron chi connectivity index (χ3n) is 6.76. The fourth-order valence-electron chi connectivity index (χ4n) is 4.80. The number of carbonyl (C=O) groups is 3.